The van der Waals surface area contributed by atoms with Crippen LogP contribution >= 0.6 is 22.6 Å². The molecule has 0 aliphatic rings. The molecule has 0 aromatic heterocycles. The predicted molar refractivity (Wildman–Crippen MR) is 70.0 cm³/mol. The standard InChI is InChI=1S/C9H11IN.CH3.Al.H/c1-9(2,10)11-8-6-4-3-5-7-8;;;/h3-7H,1-2H3;1H3;;/q-1;;+1;. The Hall–Kier alpha value is 0.282. The molecule has 1 aromatic rings. The Balaban J connectivity index is 2.92. The van der Waals surface area contributed by atoms with Crippen molar-refractivity contribution in [2.75, 3.05) is 3.88 Å². The van der Waals surface area contributed by atoms with E-state index in [1.54, 1.807) is 0 Å². The number of benzene rings is 1. The van der Waals surface area contributed by atoms with Gasteiger partial charge in [0, 0.05) is 5.69 Å². The molecule has 0 spiro atoms. The Labute approximate surface area is 101 Å². The first-order chi connectivity index (χ1) is 6.05. The lowest BCUT2D eigenvalue weighted by atomic mass is 10.3. The van der Waals surface area contributed by atoms with Crippen molar-refractivity contribution < 1.29 is 0 Å². The first-order valence-corrected chi connectivity index (χ1v) is 7.70. The summed E-state index contributed by atoms with van der Waals surface area (Å²) in [5.41, 5.74) is 1.36. The Morgan fingerprint density at radius 2 is 1.77 bits per heavy atom. The van der Waals surface area contributed by atoms with E-state index in [0.717, 1.165) is 0 Å². The summed E-state index contributed by atoms with van der Waals surface area (Å²) in [6, 6.07) is 10.7. The molecule has 0 saturated heterocycles. The van der Waals surface area contributed by atoms with Crippen molar-refractivity contribution >= 4 is 43.7 Å². The van der Waals surface area contributed by atoms with Crippen LogP contribution in [0.15, 0.2) is 30.3 Å². The molecule has 0 amide bonds. The minimum absolute atomic E-state index is 0.149. The van der Waals surface area contributed by atoms with Gasteiger partial charge in [0.05, 0.1) is 3.55 Å². The van der Waals surface area contributed by atoms with Crippen molar-refractivity contribution in [3.63, 3.8) is 0 Å². The van der Waals surface area contributed by atoms with E-state index < -0.39 is 0 Å². The largest absolute Gasteiger partial charge is 0.453 e. The fourth-order valence-electron chi connectivity index (χ4n) is 1.47. The van der Waals surface area contributed by atoms with Crippen molar-refractivity contribution in [1.29, 1.82) is 0 Å². The summed E-state index contributed by atoms with van der Waals surface area (Å²) in [5, 5.41) is 0. The molecular formula is C10H15AlIN. The van der Waals surface area contributed by atoms with Gasteiger partial charge in [-0.3, -0.25) is 0 Å². The lowest BCUT2D eigenvalue weighted by Gasteiger charge is -2.36. The number of alkyl halides is 1. The number of halogens is 1. The highest BCUT2D eigenvalue weighted by Gasteiger charge is 2.21. The molecule has 0 aliphatic carbocycles. The third-order valence-corrected chi connectivity index (χ3v) is 5.04. The molecule has 0 aliphatic heterocycles. The summed E-state index contributed by atoms with van der Waals surface area (Å²) in [4.78, 5) is 0. The highest BCUT2D eigenvalue weighted by Crippen LogP contribution is 2.27. The first-order valence-electron chi connectivity index (χ1n) is 4.57. The van der Waals surface area contributed by atoms with Crippen LogP contribution in [-0.4, -0.2) is 19.0 Å². The van der Waals surface area contributed by atoms with E-state index in [0.29, 0.717) is 0 Å². The molecule has 0 atom stereocenters. The van der Waals surface area contributed by atoms with Gasteiger partial charge in [0.1, 0.15) is 0 Å². The van der Waals surface area contributed by atoms with Crippen molar-refractivity contribution in [2.24, 2.45) is 0 Å². The molecule has 0 fully saturated rings. The maximum Gasteiger partial charge on any atom is 0.386 e. The Bertz CT molecular complexity index is 255. The summed E-state index contributed by atoms with van der Waals surface area (Å²) in [7, 11) is 0. The topological polar surface area (TPSA) is 3.24 Å². The lowest BCUT2D eigenvalue weighted by Crippen LogP contribution is -2.40. The predicted octanol–water partition coefficient (Wildman–Crippen LogP) is 3.06. The van der Waals surface area contributed by atoms with Gasteiger partial charge in [-0.1, -0.05) is 46.6 Å². The zero-order valence-electron chi connectivity index (χ0n) is 8.42. The number of hydrogen-bond donors (Lipinski definition) is 0. The van der Waals surface area contributed by atoms with E-state index >= 15 is 0 Å². The fraction of sp³-hybridized carbons (Fsp3) is 0.400. The Morgan fingerprint density at radius 3 is 2.15 bits per heavy atom. The second-order valence-corrected chi connectivity index (χ2v) is 7.39. The van der Waals surface area contributed by atoms with Gasteiger partial charge in [-0.2, -0.15) is 0 Å². The Kier molecular flexibility index (Phi) is 4.09. The van der Waals surface area contributed by atoms with Gasteiger partial charge in [-0.05, 0) is 26.0 Å². The number of anilines is 1. The fourth-order valence-corrected chi connectivity index (χ4v) is 4.10. The molecule has 3 heteroatoms. The molecule has 0 saturated carbocycles. The van der Waals surface area contributed by atoms with Gasteiger partial charge in [0.15, 0.2) is 0 Å². The van der Waals surface area contributed by atoms with E-state index in [4.69, 9.17) is 0 Å². The quantitative estimate of drug-likeness (QED) is 0.359. The van der Waals surface area contributed by atoms with E-state index in [9.17, 15) is 0 Å². The first kappa shape index (κ1) is 11.4. The van der Waals surface area contributed by atoms with Crippen molar-refractivity contribution in [2.45, 2.75) is 23.2 Å². The van der Waals surface area contributed by atoms with Crippen molar-refractivity contribution in [3.8, 4) is 0 Å². The van der Waals surface area contributed by atoms with Crippen LogP contribution in [0.4, 0.5) is 5.69 Å². The molecule has 0 bridgehead atoms. The van der Waals surface area contributed by atoms with Crippen LogP contribution in [0.2, 0.25) is 5.79 Å². The van der Waals surface area contributed by atoms with Gasteiger partial charge in [-0.25, -0.2) is 0 Å². The zero-order valence-corrected chi connectivity index (χ0v) is 12.0. The van der Waals surface area contributed by atoms with Crippen LogP contribution in [-0.2, 0) is 0 Å². The molecule has 1 rings (SSSR count). The summed E-state index contributed by atoms with van der Waals surface area (Å²) in [6.07, 6.45) is 0. The van der Waals surface area contributed by atoms with Gasteiger partial charge < -0.3 is 3.88 Å². The SMILES string of the molecule is [CH3][AlH][N](c1ccccc1)C(C)(C)I. The number of hydrogen-bond acceptors (Lipinski definition) is 1. The minimum Gasteiger partial charge on any atom is -0.453 e. The van der Waals surface area contributed by atoms with E-state index in [-0.39, 0.29) is 19.0 Å². The highest BCUT2D eigenvalue weighted by molar-refractivity contribution is 14.1. The van der Waals surface area contributed by atoms with Gasteiger partial charge in [-0.15, -0.1) is 0 Å². The highest BCUT2D eigenvalue weighted by atomic mass is 127. The van der Waals surface area contributed by atoms with Crippen LogP contribution in [0.1, 0.15) is 13.8 Å². The van der Waals surface area contributed by atoms with E-state index in [2.05, 4.69) is 76.4 Å². The molecule has 70 valence electrons. The third kappa shape index (κ3) is 3.16. The maximum atomic E-state index is 2.52. The van der Waals surface area contributed by atoms with E-state index in [1.807, 2.05) is 0 Å². The van der Waals surface area contributed by atoms with Crippen LogP contribution in [0, 0.1) is 0 Å². The smallest absolute Gasteiger partial charge is 0.386 e. The molecule has 1 aromatic carbocycles. The van der Waals surface area contributed by atoms with Crippen LogP contribution in [0.25, 0.3) is 0 Å². The average Bonchev–Trinajstić information content (AvgIpc) is 2.05. The molecule has 0 heterocycles. The van der Waals surface area contributed by atoms with Gasteiger partial charge >= 0.3 is 15.4 Å². The molecule has 0 unspecified atom stereocenters. The van der Waals surface area contributed by atoms with Crippen LogP contribution < -0.4 is 3.88 Å². The van der Waals surface area contributed by atoms with Crippen LogP contribution in [0.5, 0.6) is 0 Å². The van der Waals surface area contributed by atoms with Crippen molar-refractivity contribution in [3.05, 3.63) is 30.3 Å². The number of nitrogens with zero attached hydrogens (tertiary/aromatic N) is 1. The Morgan fingerprint density at radius 1 is 1.23 bits per heavy atom. The molecule has 0 radical (unpaired) electrons. The summed E-state index contributed by atoms with van der Waals surface area (Å²) >= 11 is 2.35. The second-order valence-electron chi connectivity index (χ2n) is 3.49. The second kappa shape index (κ2) is 4.68. The summed E-state index contributed by atoms with van der Waals surface area (Å²) < 4.78 is 2.76. The minimum atomic E-state index is -0.149. The van der Waals surface area contributed by atoms with Gasteiger partial charge in [0.25, 0.3) is 0 Å². The molecule has 0 N–H and O–H groups in total. The molecule has 1 nitrogen and oxygen atoms in total. The average molecular weight is 303 g/mol. The third-order valence-electron chi connectivity index (χ3n) is 2.03. The maximum absolute atomic E-state index is 2.52. The van der Waals surface area contributed by atoms with E-state index in [1.165, 1.54) is 5.69 Å². The lowest BCUT2D eigenvalue weighted by molar-refractivity contribution is 0.791. The zero-order chi connectivity index (χ0) is 9.90. The van der Waals surface area contributed by atoms with Crippen molar-refractivity contribution in [1.82, 2.24) is 0 Å². The summed E-state index contributed by atoms with van der Waals surface area (Å²) in [5.74, 6) is 2.33. The van der Waals surface area contributed by atoms with Crippen LogP contribution in [0.3, 0.4) is 0 Å². The van der Waals surface area contributed by atoms with Gasteiger partial charge in [0.2, 0.25) is 0 Å². The number of para-hydroxylation sites is 1. The molecular weight excluding hydrogens is 288 g/mol. The number of rotatable bonds is 3. The monoisotopic (exact) mass is 303 g/mol. The normalized spacial score (nSPS) is 11.1. The molecule has 13 heavy (non-hydrogen) atoms. The summed E-state index contributed by atoms with van der Waals surface area (Å²) in [6.45, 7) is 4.52.